The number of carboxylic acid groups (broad SMARTS) is 1. The summed E-state index contributed by atoms with van der Waals surface area (Å²) in [5.41, 5.74) is 1.83. The van der Waals surface area contributed by atoms with Crippen LogP contribution in [0.3, 0.4) is 0 Å². The van der Waals surface area contributed by atoms with E-state index in [-0.39, 0.29) is 5.56 Å². The highest BCUT2D eigenvalue weighted by Crippen LogP contribution is 2.28. The van der Waals surface area contributed by atoms with Gasteiger partial charge in [0.2, 0.25) is 5.13 Å². The van der Waals surface area contributed by atoms with Crippen molar-refractivity contribution >= 4 is 28.5 Å². The number of pyridine rings is 1. The van der Waals surface area contributed by atoms with Crippen molar-refractivity contribution in [2.45, 2.75) is 20.4 Å². The third-order valence-corrected chi connectivity index (χ3v) is 4.43. The molecule has 0 aliphatic rings. The fraction of sp³-hybridized carbons (Fsp3) is 0.176. The summed E-state index contributed by atoms with van der Waals surface area (Å²) in [6, 6.07) is 8.05. The van der Waals surface area contributed by atoms with Crippen LogP contribution < -0.4 is 4.90 Å². The van der Waals surface area contributed by atoms with E-state index in [9.17, 15) is 9.18 Å². The lowest BCUT2D eigenvalue weighted by Gasteiger charge is -2.21. The van der Waals surface area contributed by atoms with E-state index in [0.29, 0.717) is 28.9 Å². The summed E-state index contributed by atoms with van der Waals surface area (Å²) in [7, 11) is 0. The summed E-state index contributed by atoms with van der Waals surface area (Å²) in [6.45, 7) is 3.96. The maximum atomic E-state index is 13.2. The molecule has 25 heavy (non-hydrogen) atoms. The number of benzene rings is 1. The molecule has 1 N–H and O–H groups in total. The van der Waals surface area contributed by atoms with Crippen molar-refractivity contribution in [3.63, 3.8) is 0 Å². The minimum atomic E-state index is -0.958. The van der Waals surface area contributed by atoms with Gasteiger partial charge in [0, 0.05) is 11.5 Å². The van der Waals surface area contributed by atoms with E-state index in [2.05, 4.69) is 14.3 Å². The first-order chi connectivity index (χ1) is 11.9. The number of aromatic nitrogens is 3. The average molecular weight is 358 g/mol. The van der Waals surface area contributed by atoms with Gasteiger partial charge in [-0.25, -0.2) is 19.2 Å². The molecule has 6 nitrogen and oxygen atoms in total. The third kappa shape index (κ3) is 3.80. The van der Waals surface area contributed by atoms with E-state index in [4.69, 9.17) is 5.11 Å². The van der Waals surface area contributed by atoms with Gasteiger partial charge in [0.1, 0.15) is 17.5 Å². The second kappa shape index (κ2) is 6.94. The number of carboxylic acids is 1. The van der Waals surface area contributed by atoms with Gasteiger partial charge in [-0.2, -0.15) is 4.37 Å². The van der Waals surface area contributed by atoms with Crippen LogP contribution in [-0.2, 0) is 6.54 Å². The van der Waals surface area contributed by atoms with Gasteiger partial charge in [-0.05, 0) is 43.2 Å². The molecule has 0 atom stereocenters. The van der Waals surface area contributed by atoms with Gasteiger partial charge >= 0.3 is 5.97 Å². The van der Waals surface area contributed by atoms with Crippen LogP contribution in [0.5, 0.6) is 0 Å². The zero-order valence-electron chi connectivity index (χ0n) is 13.6. The number of aromatic carboxylic acids is 1. The standard InChI is InChI=1S/C17H15FN4O2S/c1-10-7-12(3-5-14(10)16(23)24)9-22(17-20-11(2)21-25-17)15-6-4-13(18)8-19-15/h3-8H,9H2,1-2H3,(H,23,24). The van der Waals surface area contributed by atoms with Crippen LogP contribution in [0.25, 0.3) is 0 Å². The van der Waals surface area contributed by atoms with Crippen molar-refractivity contribution in [2.24, 2.45) is 0 Å². The molecule has 128 valence electrons. The molecule has 0 fully saturated rings. The largest absolute Gasteiger partial charge is 0.478 e. The Kier molecular flexibility index (Phi) is 4.71. The average Bonchev–Trinajstić information content (AvgIpc) is 2.99. The highest BCUT2D eigenvalue weighted by Gasteiger charge is 2.17. The Morgan fingerprint density at radius 1 is 1.28 bits per heavy atom. The van der Waals surface area contributed by atoms with Crippen molar-refractivity contribution in [1.29, 1.82) is 0 Å². The summed E-state index contributed by atoms with van der Waals surface area (Å²) < 4.78 is 17.4. The first-order valence-electron chi connectivity index (χ1n) is 7.46. The highest BCUT2D eigenvalue weighted by atomic mass is 32.1. The number of anilines is 2. The predicted octanol–water partition coefficient (Wildman–Crippen LogP) is 3.73. The number of rotatable bonds is 5. The summed E-state index contributed by atoms with van der Waals surface area (Å²) in [5, 5.41) is 9.79. The molecule has 0 saturated heterocycles. The van der Waals surface area contributed by atoms with Gasteiger partial charge in [0.15, 0.2) is 0 Å². The minimum absolute atomic E-state index is 0.266. The van der Waals surface area contributed by atoms with Gasteiger partial charge in [-0.3, -0.25) is 4.90 Å². The molecule has 1 aromatic carbocycles. The molecule has 2 heterocycles. The van der Waals surface area contributed by atoms with E-state index in [0.717, 1.165) is 11.8 Å². The van der Waals surface area contributed by atoms with Crippen molar-refractivity contribution in [3.8, 4) is 0 Å². The van der Waals surface area contributed by atoms with Gasteiger partial charge in [0.05, 0.1) is 18.3 Å². The van der Waals surface area contributed by atoms with Crippen molar-refractivity contribution in [3.05, 3.63) is 64.9 Å². The fourth-order valence-electron chi connectivity index (χ4n) is 2.42. The number of halogens is 1. The van der Waals surface area contributed by atoms with E-state index in [1.165, 1.54) is 17.6 Å². The first kappa shape index (κ1) is 17.0. The van der Waals surface area contributed by atoms with Gasteiger partial charge in [-0.15, -0.1) is 0 Å². The van der Waals surface area contributed by atoms with E-state index in [1.807, 2.05) is 11.0 Å². The van der Waals surface area contributed by atoms with Gasteiger partial charge in [-0.1, -0.05) is 12.1 Å². The number of carbonyl (C=O) groups is 1. The zero-order chi connectivity index (χ0) is 18.0. The van der Waals surface area contributed by atoms with Crippen molar-refractivity contribution < 1.29 is 14.3 Å². The number of aryl methyl sites for hydroxylation is 2. The lowest BCUT2D eigenvalue weighted by molar-refractivity contribution is 0.0696. The van der Waals surface area contributed by atoms with E-state index < -0.39 is 11.8 Å². The molecule has 8 heteroatoms. The van der Waals surface area contributed by atoms with E-state index in [1.54, 1.807) is 32.0 Å². The molecular weight excluding hydrogens is 343 g/mol. The van der Waals surface area contributed by atoms with Gasteiger partial charge in [0.25, 0.3) is 0 Å². The Balaban J connectivity index is 1.96. The molecule has 0 aliphatic carbocycles. The maximum Gasteiger partial charge on any atom is 0.335 e. The molecule has 0 unspecified atom stereocenters. The van der Waals surface area contributed by atoms with E-state index >= 15 is 0 Å². The summed E-state index contributed by atoms with van der Waals surface area (Å²) in [5.74, 6) is -0.193. The Labute approximate surface area is 147 Å². The molecule has 0 aliphatic heterocycles. The molecule has 3 aromatic rings. The smallest absolute Gasteiger partial charge is 0.335 e. The summed E-state index contributed by atoms with van der Waals surface area (Å²) >= 11 is 1.23. The van der Waals surface area contributed by atoms with Crippen LogP contribution in [0, 0.1) is 19.7 Å². The molecule has 0 amide bonds. The normalized spacial score (nSPS) is 10.7. The third-order valence-electron chi connectivity index (χ3n) is 3.60. The minimum Gasteiger partial charge on any atom is -0.478 e. The second-order valence-corrected chi connectivity index (χ2v) is 6.23. The fourth-order valence-corrected chi connectivity index (χ4v) is 3.10. The summed E-state index contributed by atoms with van der Waals surface area (Å²) in [4.78, 5) is 21.5. The zero-order valence-corrected chi connectivity index (χ0v) is 14.4. The number of hydrogen-bond donors (Lipinski definition) is 1. The second-order valence-electron chi connectivity index (χ2n) is 5.50. The molecule has 0 bridgehead atoms. The Bertz CT molecular complexity index is 911. The van der Waals surface area contributed by atoms with Gasteiger partial charge < -0.3 is 5.11 Å². The number of hydrogen-bond acceptors (Lipinski definition) is 6. The molecule has 0 spiro atoms. The Morgan fingerprint density at radius 3 is 2.64 bits per heavy atom. The molecule has 0 radical (unpaired) electrons. The monoisotopic (exact) mass is 358 g/mol. The Morgan fingerprint density at radius 2 is 2.08 bits per heavy atom. The molecule has 3 rings (SSSR count). The SMILES string of the molecule is Cc1nsc(N(Cc2ccc(C(=O)O)c(C)c2)c2ccc(F)cn2)n1. The quantitative estimate of drug-likeness (QED) is 0.749. The van der Waals surface area contributed by atoms with Crippen LogP contribution in [0.2, 0.25) is 0 Å². The van der Waals surface area contributed by atoms with Crippen LogP contribution in [-0.4, -0.2) is 25.4 Å². The predicted molar refractivity (Wildman–Crippen MR) is 92.8 cm³/mol. The van der Waals surface area contributed by atoms with Crippen LogP contribution >= 0.6 is 11.5 Å². The summed E-state index contributed by atoms with van der Waals surface area (Å²) in [6.07, 6.45) is 1.15. The van der Waals surface area contributed by atoms with Crippen molar-refractivity contribution in [1.82, 2.24) is 14.3 Å². The topological polar surface area (TPSA) is 79.2 Å². The lowest BCUT2D eigenvalue weighted by Crippen LogP contribution is -2.18. The number of nitrogens with zero attached hydrogens (tertiary/aromatic N) is 4. The van der Waals surface area contributed by atoms with Crippen molar-refractivity contribution in [2.75, 3.05) is 4.90 Å². The lowest BCUT2D eigenvalue weighted by atomic mass is 10.0. The molecular formula is C17H15FN4O2S. The Hall–Kier alpha value is -2.87. The van der Waals surface area contributed by atoms with Crippen LogP contribution in [0.4, 0.5) is 15.3 Å². The van der Waals surface area contributed by atoms with Crippen LogP contribution in [0.1, 0.15) is 27.3 Å². The highest BCUT2D eigenvalue weighted by molar-refractivity contribution is 7.09. The molecule has 0 saturated carbocycles. The first-order valence-corrected chi connectivity index (χ1v) is 8.23. The molecule has 2 aromatic heterocycles. The maximum absolute atomic E-state index is 13.2. The van der Waals surface area contributed by atoms with Crippen LogP contribution in [0.15, 0.2) is 36.5 Å².